The lowest BCUT2D eigenvalue weighted by atomic mass is 9.91. The molecule has 0 saturated heterocycles. The van der Waals surface area contributed by atoms with Gasteiger partial charge < -0.3 is 5.32 Å². The summed E-state index contributed by atoms with van der Waals surface area (Å²) in [5.41, 5.74) is 2.48. The van der Waals surface area contributed by atoms with Crippen molar-refractivity contribution in [1.82, 2.24) is 0 Å². The summed E-state index contributed by atoms with van der Waals surface area (Å²) in [6.07, 6.45) is 2.31. The first kappa shape index (κ1) is 18.0. The van der Waals surface area contributed by atoms with Crippen molar-refractivity contribution in [3.8, 4) is 0 Å². The Morgan fingerprint density at radius 1 is 1.12 bits per heavy atom. The molecule has 132 valence electrons. The molecule has 0 aliphatic heterocycles. The molecule has 1 N–H and O–H groups in total. The zero-order valence-corrected chi connectivity index (χ0v) is 15.3. The van der Waals surface area contributed by atoms with E-state index >= 15 is 0 Å². The van der Waals surface area contributed by atoms with Crippen LogP contribution >= 0.6 is 11.6 Å². The Balaban J connectivity index is 1.67. The molecule has 4 nitrogen and oxygen atoms in total. The molecule has 1 atom stereocenters. The SMILES string of the molecule is O=C(CCS(=O)(=O)[C@H]1CCCc2ccccc21)Nc1ccccc1Cl. The lowest BCUT2D eigenvalue weighted by Gasteiger charge is -2.25. The second-order valence-electron chi connectivity index (χ2n) is 6.22. The fourth-order valence-electron chi connectivity index (χ4n) is 3.23. The number of sulfone groups is 1. The van der Waals surface area contributed by atoms with Crippen molar-refractivity contribution in [2.75, 3.05) is 11.1 Å². The van der Waals surface area contributed by atoms with Crippen molar-refractivity contribution in [2.24, 2.45) is 0 Å². The van der Waals surface area contributed by atoms with Gasteiger partial charge >= 0.3 is 0 Å². The molecule has 1 aliphatic rings. The van der Waals surface area contributed by atoms with Gasteiger partial charge in [-0.25, -0.2) is 8.42 Å². The molecule has 25 heavy (non-hydrogen) atoms. The van der Waals surface area contributed by atoms with Gasteiger partial charge in [-0.05, 0) is 42.5 Å². The normalized spacial score (nSPS) is 16.9. The zero-order chi connectivity index (χ0) is 17.9. The zero-order valence-electron chi connectivity index (χ0n) is 13.7. The Morgan fingerprint density at radius 3 is 2.64 bits per heavy atom. The third kappa shape index (κ3) is 4.22. The number of amides is 1. The molecule has 0 fully saturated rings. The number of carbonyl (C=O) groups excluding carboxylic acids is 1. The minimum Gasteiger partial charge on any atom is -0.325 e. The van der Waals surface area contributed by atoms with Crippen LogP contribution in [0.5, 0.6) is 0 Å². The first-order chi connectivity index (χ1) is 12.0. The van der Waals surface area contributed by atoms with Crippen LogP contribution in [0.4, 0.5) is 5.69 Å². The van der Waals surface area contributed by atoms with E-state index in [0.29, 0.717) is 17.1 Å². The quantitative estimate of drug-likeness (QED) is 0.850. The Kier molecular flexibility index (Phi) is 5.45. The number of aryl methyl sites for hydroxylation is 1. The number of para-hydroxylation sites is 1. The van der Waals surface area contributed by atoms with Crippen LogP contribution in [-0.2, 0) is 21.1 Å². The van der Waals surface area contributed by atoms with Crippen LogP contribution in [0.1, 0.15) is 35.6 Å². The number of fused-ring (bicyclic) bond motifs is 1. The third-order valence-electron chi connectivity index (χ3n) is 4.51. The number of nitrogens with one attached hydrogen (secondary N) is 1. The highest BCUT2D eigenvalue weighted by Crippen LogP contribution is 2.36. The molecule has 0 bridgehead atoms. The van der Waals surface area contributed by atoms with E-state index in [4.69, 9.17) is 11.6 Å². The maximum Gasteiger partial charge on any atom is 0.225 e. The predicted octanol–water partition coefficient (Wildman–Crippen LogP) is 4.16. The van der Waals surface area contributed by atoms with Crippen molar-refractivity contribution < 1.29 is 13.2 Å². The van der Waals surface area contributed by atoms with Crippen molar-refractivity contribution in [2.45, 2.75) is 30.9 Å². The first-order valence-corrected chi connectivity index (χ1v) is 10.4. The standard InChI is InChI=1S/C19H20ClNO3S/c20-16-9-3-4-10-17(16)21-19(22)12-13-25(23,24)18-11-5-7-14-6-1-2-8-15(14)18/h1-4,6,8-10,18H,5,7,11-13H2,(H,21,22)/t18-/m0/s1. The molecular formula is C19H20ClNO3S. The van der Waals surface area contributed by atoms with Gasteiger partial charge in [0.25, 0.3) is 0 Å². The average molecular weight is 378 g/mol. The Morgan fingerprint density at radius 2 is 1.84 bits per heavy atom. The van der Waals surface area contributed by atoms with Crippen LogP contribution in [-0.4, -0.2) is 20.1 Å². The molecular weight excluding hydrogens is 358 g/mol. The van der Waals surface area contributed by atoms with Gasteiger partial charge in [-0.1, -0.05) is 48.0 Å². The second-order valence-corrected chi connectivity index (χ2v) is 8.93. The number of hydrogen-bond acceptors (Lipinski definition) is 3. The largest absolute Gasteiger partial charge is 0.325 e. The molecule has 1 aliphatic carbocycles. The topological polar surface area (TPSA) is 63.2 Å². The average Bonchev–Trinajstić information content (AvgIpc) is 2.61. The van der Waals surface area contributed by atoms with E-state index in [0.717, 1.165) is 24.0 Å². The minimum atomic E-state index is -3.39. The molecule has 2 aromatic carbocycles. The van der Waals surface area contributed by atoms with E-state index < -0.39 is 15.1 Å². The van der Waals surface area contributed by atoms with E-state index in [1.807, 2.05) is 24.3 Å². The monoisotopic (exact) mass is 377 g/mol. The van der Waals surface area contributed by atoms with Crippen molar-refractivity contribution in [3.63, 3.8) is 0 Å². The van der Waals surface area contributed by atoms with E-state index in [9.17, 15) is 13.2 Å². The van der Waals surface area contributed by atoms with E-state index in [-0.39, 0.29) is 18.1 Å². The molecule has 3 rings (SSSR count). The Bertz CT molecular complexity index is 880. The Labute approximate surface area is 153 Å². The third-order valence-corrected chi connectivity index (χ3v) is 6.97. The summed E-state index contributed by atoms with van der Waals surface area (Å²) >= 11 is 6.00. The van der Waals surface area contributed by atoms with E-state index in [1.54, 1.807) is 24.3 Å². The number of anilines is 1. The molecule has 0 heterocycles. The highest BCUT2D eigenvalue weighted by Gasteiger charge is 2.31. The van der Waals surface area contributed by atoms with Crippen molar-refractivity contribution in [1.29, 1.82) is 0 Å². The van der Waals surface area contributed by atoms with Crippen molar-refractivity contribution >= 4 is 33.0 Å². The molecule has 0 radical (unpaired) electrons. The molecule has 0 saturated carbocycles. The highest BCUT2D eigenvalue weighted by molar-refractivity contribution is 7.91. The minimum absolute atomic E-state index is 0.0772. The van der Waals surface area contributed by atoms with Gasteiger partial charge in [-0.2, -0.15) is 0 Å². The second kappa shape index (κ2) is 7.58. The molecule has 0 aromatic heterocycles. The van der Waals surface area contributed by atoms with Crippen molar-refractivity contribution in [3.05, 3.63) is 64.7 Å². The summed E-state index contributed by atoms with van der Waals surface area (Å²) in [7, 11) is -3.39. The lowest BCUT2D eigenvalue weighted by Crippen LogP contribution is -2.24. The number of carbonyl (C=O) groups is 1. The van der Waals surface area contributed by atoms with Gasteiger partial charge in [0.15, 0.2) is 9.84 Å². The summed E-state index contributed by atoms with van der Waals surface area (Å²) in [5.74, 6) is -0.511. The van der Waals surface area contributed by atoms with Gasteiger partial charge in [-0.15, -0.1) is 0 Å². The summed E-state index contributed by atoms with van der Waals surface area (Å²) in [5, 5.41) is 2.59. The van der Waals surface area contributed by atoms with Crippen LogP contribution in [0, 0.1) is 0 Å². The van der Waals surface area contributed by atoms with Gasteiger partial charge in [0.1, 0.15) is 0 Å². The van der Waals surface area contributed by atoms with Crippen LogP contribution in [0.3, 0.4) is 0 Å². The molecule has 0 unspecified atom stereocenters. The molecule has 6 heteroatoms. The van der Waals surface area contributed by atoms with E-state index in [2.05, 4.69) is 5.32 Å². The van der Waals surface area contributed by atoms with Crippen LogP contribution in [0.2, 0.25) is 5.02 Å². The fourth-order valence-corrected chi connectivity index (χ4v) is 5.31. The van der Waals surface area contributed by atoms with Gasteiger partial charge in [0, 0.05) is 6.42 Å². The van der Waals surface area contributed by atoms with Crippen LogP contribution in [0.15, 0.2) is 48.5 Å². The maximum absolute atomic E-state index is 12.8. The number of halogens is 1. The fraction of sp³-hybridized carbons (Fsp3) is 0.316. The van der Waals surface area contributed by atoms with Gasteiger partial charge in [0.2, 0.25) is 5.91 Å². The molecule has 0 spiro atoms. The summed E-state index contributed by atoms with van der Waals surface area (Å²) in [6, 6.07) is 14.6. The summed E-state index contributed by atoms with van der Waals surface area (Å²) in [4.78, 5) is 12.1. The van der Waals surface area contributed by atoms with Gasteiger partial charge in [0.05, 0.1) is 21.7 Å². The van der Waals surface area contributed by atoms with Gasteiger partial charge in [-0.3, -0.25) is 4.79 Å². The lowest BCUT2D eigenvalue weighted by molar-refractivity contribution is -0.115. The summed E-state index contributed by atoms with van der Waals surface area (Å²) in [6.45, 7) is 0. The summed E-state index contributed by atoms with van der Waals surface area (Å²) < 4.78 is 25.5. The first-order valence-electron chi connectivity index (χ1n) is 8.31. The predicted molar refractivity (Wildman–Crippen MR) is 101 cm³/mol. The maximum atomic E-state index is 12.8. The highest BCUT2D eigenvalue weighted by atomic mass is 35.5. The Hall–Kier alpha value is -1.85. The molecule has 2 aromatic rings. The number of benzene rings is 2. The number of hydrogen-bond donors (Lipinski definition) is 1. The van der Waals surface area contributed by atoms with Crippen LogP contribution in [0.25, 0.3) is 0 Å². The van der Waals surface area contributed by atoms with Crippen LogP contribution < -0.4 is 5.32 Å². The smallest absolute Gasteiger partial charge is 0.225 e. The van der Waals surface area contributed by atoms with E-state index in [1.165, 1.54) is 0 Å². The molecule has 1 amide bonds. The number of rotatable bonds is 5.